The lowest BCUT2D eigenvalue weighted by Gasteiger charge is -2.32. The Hall–Kier alpha value is -3.48. The number of hydrogen-bond donors (Lipinski definition) is 2. The van der Waals surface area contributed by atoms with Gasteiger partial charge in [-0.2, -0.15) is 0 Å². The lowest BCUT2D eigenvalue weighted by molar-refractivity contribution is -0.137. The highest BCUT2D eigenvalue weighted by Gasteiger charge is 2.29. The van der Waals surface area contributed by atoms with Crippen LogP contribution >= 0.6 is 0 Å². The lowest BCUT2D eigenvalue weighted by atomic mass is 9.93. The van der Waals surface area contributed by atoms with E-state index in [-0.39, 0.29) is 18.7 Å². The highest BCUT2D eigenvalue weighted by atomic mass is 19.1. The molecular weight excluding hydrogens is 375 g/mol. The number of rotatable bonds is 6. The van der Waals surface area contributed by atoms with Gasteiger partial charge in [0.15, 0.2) is 0 Å². The predicted molar refractivity (Wildman–Crippen MR) is 105 cm³/mol. The van der Waals surface area contributed by atoms with Gasteiger partial charge in [0, 0.05) is 13.1 Å². The average Bonchev–Trinajstić information content (AvgIpc) is 2.67. The molecule has 0 aliphatic carbocycles. The second-order valence-electron chi connectivity index (χ2n) is 6.86. The Balaban J connectivity index is 1.81. The minimum atomic E-state index is -1.09. The van der Waals surface area contributed by atoms with Crippen LogP contribution in [0.4, 0.5) is 4.39 Å². The first-order chi connectivity index (χ1) is 13.8. The number of carbonyl (C=O) groups excluding carboxylic acids is 2. The maximum atomic E-state index is 13.2. The second-order valence-corrected chi connectivity index (χ2v) is 6.86. The van der Waals surface area contributed by atoms with Crippen molar-refractivity contribution in [1.29, 1.82) is 0 Å². The van der Waals surface area contributed by atoms with E-state index in [0.29, 0.717) is 5.56 Å². The fourth-order valence-corrected chi connectivity index (χ4v) is 3.46. The summed E-state index contributed by atoms with van der Waals surface area (Å²) in [5.74, 6) is -2.14. The van der Waals surface area contributed by atoms with Crippen LogP contribution in [0.15, 0.2) is 54.7 Å². The fraction of sp³-hybridized carbons (Fsp3) is 0.227. The molecule has 0 fully saturated rings. The Morgan fingerprint density at radius 3 is 2.48 bits per heavy atom. The Morgan fingerprint density at radius 2 is 1.83 bits per heavy atom. The number of amides is 2. The van der Waals surface area contributed by atoms with Crippen molar-refractivity contribution >= 4 is 23.9 Å². The highest BCUT2D eigenvalue weighted by Crippen LogP contribution is 2.33. The van der Waals surface area contributed by atoms with Crippen molar-refractivity contribution in [3.63, 3.8) is 0 Å². The van der Waals surface area contributed by atoms with Gasteiger partial charge < -0.3 is 15.3 Å². The Labute approximate surface area is 167 Å². The van der Waals surface area contributed by atoms with Gasteiger partial charge in [-0.1, -0.05) is 36.4 Å². The van der Waals surface area contributed by atoms with Gasteiger partial charge in [0.25, 0.3) is 0 Å². The van der Waals surface area contributed by atoms with E-state index in [1.165, 1.54) is 36.1 Å². The standard InChI is InChI=1S/C22H21FN2O4/c1-14(26)25-11-10-15-4-2-3-5-18(15)20(25)13-21(27)24-19(12-22(28)29)16-6-8-17(23)9-7-16/h2-11,19-20H,12-13H2,1H3,(H,24,27)(H,28,29)/t19-,20+/m0/s1. The molecule has 7 heteroatoms. The molecule has 2 aromatic rings. The Bertz CT molecular complexity index is 956. The Kier molecular flexibility index (Phi) is 6.07. The van der Waals surface area contributed by atoms with Gasteiger partial charge in [-0.05, 0) is 34.9 Å². The van der Waals surface area contributed by atoms with Crippen LogP contribution in [0, 0.1) is 5.82 Å². The monoisotopic (exact) mass is 396 g/mol. The quantitative estimate of drug-likeness (QED) is 0.783. The number of aliphatic carboxylic acids is 1. The third-order valence-electron chi connectivity index (χ3n) is 4.83. The molecule has 3 rings (SSSR count). The number of nitrogens with one attached hydrogen (secondary N) is 1. The Morgan fingerprint density at radius 1 is 1.14 bits per heavy atom. The normalized spacial score (nSPS) is 16.1. The predicted octanol–water partition coefficient (Wildman–Crippen LogP) is 3.42. The van der Waals surface area contributed by atoms with Crippen molar-refractivity contribution in [1.82, 2.24) is 10.2 Å². The van der Waals surface area contributed by atoms with Gasteiger partial charge in [-0.3, -0.25) is 14.4 Å². The van der Waals surface area contributed by atoms with Crippen molar-refractivity contribution in [3.05, 3.63) is 77.2 Å². The number of carboxylic acid groups (broad SMARTS) is 1. The number of nitrogens with zero attached hydrogens (tertiary/aromatic N) is 1. The summed E-state index contributed by atoms with van der Waals surface area (Å²) in [6, 6.07) is 11.5. The molecule has 2 atom stereocenters. The zero-order chi connectivity index (χ0) is 21.0. The number of carboxylic acids is 1. The lowest BCUT2D eigenvalue weighted by Crippen LogP contribution is -2.37. The number of halogens is 1. The minimum Gasteiger partial charge on any atom is -0.481 e. The van der Waals surface area contributed by atoms with E-state index in [1.807, 2.05) is 30.3 Å². The molecule has 0 unspecified atom stereocenters. The zero-order valence-electron chi connectivity index (χ0n) is 15.8. The minimum absolute atomic E-state index is 0.0295. The molecule has 150 valence electrons. The molecule has 0 radical (unpaired) electrons. The molecule has 1 aliphatic rings. The number of fused-ring (bicyclic) bond motifs is 1. The van der Waals surface area contributed by atoms with Crippen LogP contribution in [0.2, 0.25) is 0 Å². The maximum Gasteiger partial charge on any atom is 0.305 e. The highest BCUT2D eigenvalue weighted by molar-refractivity contribution is 5.82. The van der Waals surface area contributed by atoms with E-state index in [2.05, 4.69) is 5.32 Å². The SMILES string of the molecule is CC(=O)N1C=Cc2ccccc2[C@H]1CC(=O)N[C@@H](CC(=O)O)c1ccc(F)cc1. The molecule has 0 saturated heterocycles. The first-order valence-electron chi connectivity index (χ1n) is 9.18. The summed E-state index contributed by atoms with van der Waals surface area (Å²) in [4.78, 5) is 37.6. The summed E-state index contributed by atoms with van der Waals surface area (Å²) >= 11 is 0. The molecule has 29 heavy (non-hydrogen) atoms. The first-order valence-corrected chi connectivity index (χ1v) is 9.18. The number of hydrogen-bond acceptors (Lipinski definition) is 3. The van der Waals surface area contributed by atoms with E-state index >= 15 is 0 Å². The van der Waals surface area contributed by atoms with E-state index in [9.17, 15) is 23.9 Å². The molecule has 0 bridgehead atoms. The van der Waals surface area contributed by atoms with Crippen LogP contribution in [0.1, 0.15) is 48.5 Å². The molecule has 0 spiro atoms. The first kappa shape index (κ1) is 20.3. The fourth-order valence-electron chi connectivity index (χ4n) is 3.46. The van der Waals surface area contributed by atoms with Crippen LogP contribution in [0.25, 0.3) is 6.08 Å². The molecule has 6 nitrogen and oxygen atoms in total. The van der Waals surface area contributed by atoms with E-state index in [4.69, 9.17) is 0 Å². The van der Waals surface area contributed by atoms with E-state index in [0.717, 1.165) is 11.1 Å². The van der Waals surface area contributed by atoms with Crippen LogP contribution in [0.5, 0.6) is 0 Å². The van der Waals surface area contributed by atoms with Crippen molar-refractivity contribution in [2.24, 2.45) is 0 Å². The average molecular weight is 396 g/mol. The van der Waals surface area contributed by atoms with E-state index in [1.54, 1.807) is 6.20 Å². The van der Waals surface area contributed by atoms with Gasteiger partial charge in [0.2, 0.25) is 11.8 Å². The maximum absolute atomic E-state index is 13.2. The third kappa shape index (κ3) is 4.87. The molecule has 2 aromatic carbocycles. The largest absolute Gasteiger partial charge is 0.481 e. The summed E-state index contributed by atoms with van der Waals surface area (Å²) in [6.45, 7) is 1.43. The van der Waals surface area contributed by atoms with Crippen LogP contribution in [0.3, 0.4) is 0 Å². The van der Waals surface area contributed by atoms with Gasteiger partial charge >= 0.3 is 5.97 Å². The molecular formula is C22H21FN2O4. The summed E-state index contributed by atoms with van der Waals surface area (Å²) < 4.78 is 13.2. The topological polar surface area (TPSA) is 86.7 Å². The van der Waals surface area contributed by atoms with Crippen molar-refractivity contribution in [2.75, 3.05) is 0 Å². The number of benzene rings is 2. The molecule has 0 aromatic heterocycles. The summed E-state index contributed by atoms with van der Waals surface area (Å²) in [6.07, 6.45) is 3.10. The molecule has 2 N–H and O–H groups in total. The van der Waals surface area contributed by atoms with Crippen LogP contribution < -0.4 is 5.32 Å². The van der Waals surface area contributed by atoms with Gasteiger partial charge in [0.05, 0.1) is 24.9 Å². The molecule has 0 saturated carbocycles. The zero-order valence-corrected chi connectivity index (χ0v) is 15.8. The molecule has 1 aliphatic heterocycles. The van der Waals surface area contributed by atoms with Gasteiger partial charge in [-0.25, -0.2) is 4.39 Å². The molecule has 2 amide bonds. The van der Waals surface area contributed by atoms with Crippen molar-refractivity contribution in [2.45, 2.75) is 31.8 Å². The van der Waals surface area contributed by atoms with Crippen LogP contribution in [-0.4, -0.2) is 27.8 Å². The van der Waals surface area contributed by atoms with Crippen molar-refractivity contribution in [3.8, 4) is 0 Å². The third-order valence-corrected chi connectivity index (χ3v) is 4.83. The summed E-state index contributed by atoms with van der Waals surface area (Å²) in [5, 5.41) is 11.9. The van der Waals surface area contributed by atoms with Gasteiger partial charge in [0.1, 0.15) is 5.82 Å². The van der Waals surface area contributed by atoms with Crippen LogP contribution in [-0.2, 0) is 14.4 Å². The van der Waals surface area contributed by atoms with Gasteiger partial charge in [-0.15, -0.1) is 0 Å². The molecule has 1 heterocycles. The van der Waals surface area contributed by atoms with E-state index < -0.39 is 29.8 Å². The second kappa shape index (κ2) is 8.68. The summed E-state index contributed by atoms with van der Waals surface area (Å²) in [7, 11) is 0. The smallest absolute Gasteiger partial charge is 0.305 e. The number of carbonyl (C=O) groups is 3. The summed E-state index contributed by atoms with van der Waals surface area (Å²) in [5.41, 5.74) is 2.26. The van der Waals surface area contributed by atoms with Crippen molar-refractivity contribution < 1.29 is 23.9 Å².